The van der Waals surface area contributed by atoms with E-state index in [1.165, 1.54) is 5.56 Å². The molecular weight excluding hydrogens is 650 g/mol. The van der Waals surface area contributed by atoms with Crippen molar-refractivity contribution in [3.63, 3.8) is 0 Å². The normalized spacial score (nSPS) is 14.2. The summed E-state index contributed by atoms with van der Waals surface area (Å²) in [6, 6.07) is 36.1. The maximum Gasteiger partial charge on any atom is 0.303 e. The molecule has 1 aliphatic carbocycles. The third-order valence-electron chi connectivity index (χ3n) is 8.77. The molecule has 0 aliphatic heterocycles. The average molecular weight is 694 g/mol. The van der Waals surface area contributed by atoms with Crippen LogP contribution in [0.15, 0.2) is 109 Å². The highest BCUT2D eigenvalue weighted by Crippen LogP contribution is 2.53. The number of thioether (sulfide) groups is 1. The van der Waals surface area contributed by atoms with Crippen molar-refractivity contribution < 1.29 is 15.0 Å². The number of carboxylic acids is 1. The molecule has 1 atom stereocenters. The van der Waals surface area contributed by atoms with Gasteiger partial charge in [-0.05, 0) is 104 Å². The fraction of sp³-hybridized carbons (Fsp3) is 0.268. The van der Waals surface area contributed by atoms with Crippen LogP contribution in [0.25, 0.3) is 23.1 Å². The second kappa shape index (κ2) is 16.5. The van der Waals surface area contributed by atoms with E-state index in [9.17, 15) is 15.0 Å². The van der Waals surface area contributed by atoms with Crippen LogP contribution in [0, 0.1) is 5.41 Å². The smallest absolute Gasteiger partial charge is 0.303 e. The fourth-order valence-electron chi connectivity index (χ4n) is 5.89. The van der Waals surface area contributed by atoms with Crippen LogP contribution in [0.1, 0.15) is 72.7 Å². The van der Waals surface area contributed by atoms with E-state index in [4.69, 9.17) is 22.4 Å². The molecule has 6 rings (SSSR count). The van der Waals surface area contributed by atoms with Gasteiger partial charge in [0.25, 0.3) is 0 Å². The summed E-state index contributed by atoms with van der Waals surface area (Å²) in [5.41, 5.74) is 8.62. The minimum Gasteiger partial charge on any atom is -0.481 e. The Morgan fingerprint density at radius 3 is 2.41 bits per heavy atom. The Labute approximate surface area is 298 Å². The molecule has 0 saturated heterocycles. The second-order valence-electron chi connectivity index (χ2n) is 13.2. The van der Waals surface area contributed by atoms with Crippen molar-refractivity contribution in [2.75, 3.05) is 11.2 Å². The van der Waals surface area contributed by atoms with Crippen molar-refractivity contribution in [3.05, 3.63) is 142 Å². The number of benzene rings is 4. The van der Waals surface area contributed by atoms with Crippen LogP contribution in [0.5, 0.6) is 0 Å². The van der Waals surface area contributed by atoms with Crippen LogP contribution < -0.4 is 11.3 Å². The molecule has 49 heavy (non-hydrogen) atoms. The molecule has 254 valence electrons. The van der Waals surface area contributed by atoms with E-state index in [1.54, 1.807) is 0 Å². The molecule has 1 heterocycles. The number of pyridine rings is 1. The fourth-order valence-corrected chi connectivity index (χ4v) is 7.63. The molecule has 1 aliphatic rings. The van der Waals surface area contributed by atoms with Gasteiger partial charge in [-0.15, -0.1) is 0 Å². The summed E-state index contributed by atoms with van der Waals surface area (Å²) in [4.78, 5) is 16.2. The van der Waals surface area contributed by atoms with Gasteiger partial charge in [-0.3, -0.25) is 10.6 Å². The predicted octanol–water partition coefficient (Wildman–Crippen LogP) is 9.92. The van der Waals surface area contributed by atoms with Crippen LogP contribution in [-0.4, -0.2) is 26.9 Å². The number of nitrogen functional groups attached to an aromatic ring is 1. The van der Waals surface area contributed by atoms with E-state index in [-0.39, 0.29) is 17.1 Å². The van der Waals surface area contributed by atoms with Gasteiger partial charge in [0.2, 0.25) is 0 Å². The molecule has 8 heteroatoms. The maximum atomic E-state index is 11.5. The average Bonchev–Trinajstić information content (AvgIpc) is 3.86. The molecule has 4 aromatic carbocycles. The number of halogens is 1. The van der Waals surface area contributed by atoms with Crippen molar-refractivity contribution in [1.29, 1.82) is 0 Å². The third-order valence-corrected chi connectivity index (χ3v) is 10.7. The molecule has 0 radical (unpaired) electrons. The first kappa shape index (κ1) is 36.1. The first-order valence-electron chi connectivity index (χ1n) is 16.5. The topological polar surface area (TPSA) is 108 Å². The van der Waals surface area contributed by atoms with Crippen molar-refractivity contribution in [2.24, 2.45) is 11.3 Å². The quantitative estimate of drug-likeness (QED) is 0.0718. The van der Waals surface area contributed by atoms with Gasteiger partial charge in [0.05, 0.1) is 23.2 Å². The Kier molecular flexibility index (Phi) is 12.2. The van der Waals surface area contributed by atoms with E-state index in [0.717, 1.165) is 70.4 Å². The number of para-hydroxylation sites is 1. The van der Waals surface area contributed by atoms with E-state index in [0.29, 0.717) is 5.02 Å². The molecule has 6 nitrogen and oxygen atoms in total. The predicted molar refractivity (Wildman–Crippen MR) is 206 cm³/mol. The van der Waals surface area contributed by atoms with Crippen LogP contribution in [0.2, 0.25) is 5.02 Å². The number of aryl methyl sites for hydroxylation is 1. The molecule has 1 fully saturated rings. The summed E-state index contributed by atoms with van der Waals surface area (Å²) in [6.07, 6.45) is 8.02. The summed E-state index contributed by atoms with van der Waals surface area (Å²) in [6.45, 7) is 3.66. The highest BCUT2D eigenvalue weighted by atomic mass is 35.5. The number of aliphatic carboxylic acids is 1. The first-order valence-corrected chi connectivity index (χ1v) is 18.0. The lowest BCUT2D eigenvalue weighted by molar-refractivity contribution is -0.138. The van der Waals surface area contributed by atoms with E-state index in [1.807, 2.05) is 104 Å². The molecule has 1 aromatic heterocycles. The summed E-state index contributed by atoms with van der Waals surface area (Å²) < 4.78 is 0. The highest BCUT2D eigenvalue weighted by Gasteiger charge is 2.44. The molecular formula is C41H44ClN3O3S. The Balaban J connectivity index is 0.000000514. The number of rotatable bonds is 13. The SMILES string of the molecule is CC(C)(O)c1ccccc1CC[C@@H](SCC1(CC(=O)O)CC1)c1cccc(/C=C/c2ccc3ccc(Cl)cc3n2)c1.NNc1ccccc1. The van der Waals surface area contributed by atoms with Crippen molar-refractivity contribution in [3.8, 4) is 0 Å². The molecule has 5 aromatic rings. The Hall–Kier alpha value is -4.14. The standard InChI is InChI=1S/C35H36ClNO3S.C6H8N2/c1-34(2,40)30-9-4-3-7-25(30)13-17-32(41-23-35(18-19-35)22-33(38)39)27-8-5-6-24(20-27)10-15-29-16-12-26-11-14-28(36)21-31(26)37-29;7-8-6-4-2-1-3-5-6/h3-12,14-16,20-21,32,40H,13,17-19,22-23H2,1-2H3,(H,38,39);1-5,8H,7H2/b15-10+;/t32-;/m1./s1. The van der Waals surface area contributed by atoms with Gasteiger partial charge >= 0.3 is 5.97 Å². The highest BCUT2D eigenvalue weighted by molar-refractivity contribution is 7.99. The number of hydrogen-bond acceptors (Lipinski definition) is 6. The Bertz CT molecular complexity index is 1890. The van der Waals surface area contributed by atoms with Crippen LogP contribution in [-0.2, 0) is 16.8 Å². The summed E-state index contributed by atoms with van der Waals surface area (Å²) in [5.74, 6) is 5.22. The number of nitrogens with two attached hydrogens (primary N) is 1. The van der Waals surface area contributed by atoms with Crippen LogP contribution >= 0.6 is 23.4 Å². The van der Waals surface area contributed by atoms with Gasteiger partial charge in [0.1, 0.15) is 0 Å². The number of nitrogens with zero attached hydrogens (tertiary/aromatic N) is 1. The molecule has 5 N–H and O–H groups in total. The lowest BCUT2D eigenvalue weighted by atomic mass is 9.90. The monoisotopic (exact) mass is 693 g/mol. The number of carbonyl (C=O) groups is 1. The molecule has 0 amide bonds. The summed E-state index contributed by atoms with van der Waals surface area (Å²) in [5, 5.41) is 22.1. The van der Waals surface area contributed by atoms with Crippen molar-refractivity contribution in [1.82, 2.24) is 4.98 Å². The van der Waals surface area contributed by atoms with Gasteiger partial charge < -0.3 is 15.6 Å². The number of carboxylic acid groups (broad SMARTS) is 1. The number of aliphatic hydroxyl groups is 1. The minimum atomic E-state index is -0.911. The Morgan fingerprint density at radius 2 is 1.71 bits per heavy atom. The number of anilines is 1. The number of hydrogen-bond donors (Lipinski definition) is 4. The van der Waals surface area contributed by atoms with Gasteiger partial charge in [-0.2, -0.15) is 11.8 Å². The van der Waals surface area contributed by atoms with Gasteiger partial charge in [0, 0.05) is 27.1 Å². The van der Waals surface area contributed by atoms with E-state index >= 15 is 0 Å². The van der Waals surface area contributed by atoms with Crippen molar-refractivity contribution in [2.45, 2.75) is 56.8 Å². The zero-order chi connectivity index (χ0) is 34.9. The zero-order valence-electron chi connectivity index (χ0n) is 28.0. The molecule has 1 saturated carbocycles. The number of aromatic nitrogens is 1. The summed E-state index contributed by atoms with van der Waals surface area (Å²) in [7, 11) is 0. The van der Waals surface area contributed by atoms with Gasteiger partial charge in [0.15, 0.2) is 0 Å². The van der Waals surface area contributed by atoms with Crippen LogP contribution in [0.4, 0.5) is 5.69 Å². The number of hydrazine groups is 1. The van der Waals surface area contributed by atoms with Gasteiger partial charge in [-0.25, -0.2) is 4.98 Å². The first-order chi connectivity index (χ1) is 23.5. The molecule has 0 spiro atoms. The number of fused-ring (bicyclic) bond motifs is 1. The van der Waals surface area contributed by atoms with Crippen molar-refractivity contribution >= 4 is 58.1 Å². The zero-order valence-corrected chi connectivity index (χ0v) is 29.6. The van der Waals surface area contributed by atoms with E-state index in [2.05, 4.69) is 47.9 Å². The number of nitrogens with one attached hydrogen (secondary N) is 1. The lowest BCUT2D eigenvalue weighted by Gasteiger charge is -2.24. The van der Waals surface area contributed by atoms with Gasteiger partial charge in [-0.1, -0.05) is 96.5 Å². The Morgan fingerprint density at radius 1 is 0.980 bits per heavy atom. The third kappa shape index (κ3) is 10.7. The minimum absolute atomic E-state index is 0.0814. The van der Waals surface area contributed by atoms with E-state index < -0.39 is 11.6 Å². The van der Waals surface area contributed by atoms with Crippen LogP contribution in [0.3, 0.4) is 0 Å². The molecule has 0 unspecified atom stereocenters. The summed E-state index contributed by atoms with van der Waals surface area (Å²) >= 11 is 8.04. The lowest BCUT2D eigenvalue weighted by Crippen LogP contribution is -2.18. The molecule has 0 bridgehead atoms. The second-order valence-corrected chi connectivity index (χ2v) is 14.8. The largest absolute Gasteiger partial charge is 0.481 e. The maximum absolute atomic E-state index is 11.5.